The molecule has 0 bridgehead atoms. The van der Waals surface area contributed by atoms with Crippen LogP contribution in [0.5, 0.6) is 17.2 Å². The zero-order valence-corrected chi connectivity index (χ0v) is 20.7. The summed E-state index contributed by atoms with van der Waals surface area (Å²) in [6, 6.07) is 9.15. The average molecular weight is 494 g/mol. The van der Waals surface area contributed by atoms with E-state index in [0.29, 0.717) is 12.1 Å². The topological polar surface area (TPSA) is 106 Å². The monoisotopic (exact) mass is 493 g/mol. The van der Waals surface area contributed by atoms with Gasteiger partial charge in [0.05, 0.1) is 17.6 Å². The molecule has 3 aromatic rings. The molecule has 9 heteroatoms. The van der Waals surface area contributed by atoms with Crippen molar-refractivity contribution in [2.24, 2.45) is 0 Å². The Balaban J connectivity index is 1.30. The molecule has 1 fully saturated rings. The Hall–Kier alpha value is -3.72. The van der Waals surface area contributed by atoms with Gasteiger partial charge in [0.2, 0.25) is 0 Å². The first kappa shape index (κ1) is 24.0. The van der Waals surface area contributed by atoms with E-state index in [9.17, 15) is 9.59 Å². The number of hydrogen-bond donors (Lipinski definition) is 2. The van der Waals surface area contributed by atoms with Crippen LogP contribution < -0.4 is 19.9 Å². The molecule has 0 spiro atoms. The summed E-state index contributed by atoms with van der Waals surface area (Å²) < 4.78 is 18.6. The fraction of sp³-hybridized carbons (Fsp3) is 0.407. The number of piperidine rings is 1. The predicted molar refractivity (Wildman–Crippen MR) is 136 cm³/mol. The Morgan fingerprint density at radius 3 is 2.72 bits per heavy atom. The molecule has 2 aromatic carbocycles. The van der Waals surface area contributed by atoms with Crippen molar-refractivity contribution in [3.63, 3.8) is 0 Å². The summed E-state index contributed by atoms with van der Waals surface area (Å²) in [5, 5.41) is 8.83. The molecule has 0 aliphatic carbocycles. The minimum atomic E-state index is -1.39. The molecule has 5 rings (SSSR count). The smallest absolute Gasteiger partial charge is 0.490 e. The molecule has 2 aliphatic rings. The third kappa shape index (κ3) is 4.83. The van der Waals surface area contributed by atoms with Gasteiger partial charge in [-0.1, -0.05) is 6.08 Å². The first-order valence-electron chi connectivity index (χ1n) is 12.3. The highest BCUT2D eigenvalue weighted by Crippen LogP contribution is 2.40. The molecule has 9 nitrogen and oxygen atoms in total. The zero-order valence-electron chi connectivity index (χ0n) is 20.7. The molecule has 3 heterocycles. The van der Waals surface area contributed by atoms with Crippen LogP contribution in [0.15, 0.2) is 41.2 Å². The van der Waals surface area contributed by atoms with Crippen LogP contribution in [-0.4, -0.2) is 51.0 Å². The number of aromatic nitrogens is 2. The molecule has 0 radical (unpaired) electrons. The number of hydrogen-bond acceptors (Lipinski definition) is 6. The SMILES string of the molecule is CCOc1cc(CN2CCC(n3c(=O)[nH]c4cc(OC(=O)O)ccc43)CC2)cc2c1OC(C)(C)C=C2. The van der Waals surface area contributed by atoms with Gasteiger partial charge in [-0.05, 0) is 69.5 Å². The van der Waals surface area contributed by atoms with Crippen molar-refractivity contribution in [3.05, 3.63) is 58.0 Å². The predicted octanol–water partition coefficient (Wildman–Crippen LogP) is 4.81. The third-order valence-electron chi connectivity index (χ3n) is 6.69. The van der Waals surface area contributed by atoms with Crippen molar-refractivity contribution in [2.45, 2.75) is 51.8 Å². The van der Waals surface area contributed by atoms with Crippen LogP contribution in [0.2, 0.25) is 0 Å². The molecule has 1 aromatic heterocycles. The number of carbonyl (C=O) groups is 1. The molecule has 1 saturated heterocycles. The quantitative estimate of drug-likeness (QED) is 0.375. The molecular weight excluding hydrogens is 462 g/mol. The van der Waals surface area contributed by atoms with Gasteiger partial charge in [0.25, 0.3) is 0 Å². The highest BCUT2D eigenvalue weighted by molar-refractivity contribution is 5.78. The highest BCUT2D eigenvalue weighted by Gasteiger charge is 2.27. The summed E-state index contributed by atoms with van der Waals surface area (Å²) >= 11 is 0. The van der Waals surface area contributed by atoms with E-state index in [1.165, 1.54) is 5.56 Å². The van der Waals surface area contributed by atoms with E-state index in [0.717, 1.165) is 55.1 Å². The maximum atomic E-state index is 12.7. The number of ether oxygens (including phenoxy) is 3. The van der Waals surface area contributed by atoms with Crippen molar-refractivity contribution in [1.82, 2.24) is 14.5 Å². The summed E-state index contributed by atoms with van der Waals surface area (Å²) in [6.45, 7) is 9.09. The third-order valence-corrected chi connectivity index (χ3v) is 6.69. The lowest BCUT2D eigenvalue weighted by Gasteiger charge is -2.33. The Morgan fingerprint density at radius 2 is 2.00 bits per heavy atom. The van der Waals surface area contributed by atoms with Crippen molar-refractivity contribution < 1.29 is 24.1 Å². The van der Waals surface area contributed by atoms with Crippen LogP contribution in [0.4, 0.5) is 4.79 Å². The molecule has 0 amide bonds. The molecule has 36 heavy (non-hydrogen) atoms. The highest BCUT2D eigenvalue weighted by atomic mass is 16.7. The largest absolute Gasteiger partial charge is 0.511 e. The molecule has 0 unspecified atom stereocenters. The molecule has 0 saturated carbocycles. The Bertz CT molecular complexity index is 1380. The van der Waals surface area contributed by atoms with Crippen LogP contribution in [0.3, 0.4) is 0 Å². The van der Waals surface area contributed by atoms with Crippen LogP contribution in [0.1, 0.15) is 50.8 Å². The van der Waals surface area contributed by atoms with Crippen LogP contribution in [0, 0.1) is 0 Å². The second-order valence-electron chi connectivity index (χ2n) is 9.84. The Kier molecular flexibility index (Phi) is 6.26. The summed E-state index contributed by atoms with van der Waals surface area (Å²) in [5.41, 5.74) is 2.95. The number of likely N-dealkylation sites (tertiary alicyclic amines) is 1. The maximum Gasteiger partial charge on any atom is 0.511 e. The van der Waals surface area contributed by atoms with E-state index in [1.54, 1.807) is 22.8 Å². The summed E-state index contributed by atoms with van der Waals surface area (Å²) in [4.78, 5) is 28.8. The van der Waals surface area contributed by atoms with E-state index >= 15 is 0 Å². The second kappa shape index (κ2) is 9.39. The summed E-state index contributed by atoms with van der Waals surface area (Å²) in [5.74, 6) is 1.75. The molecule has 2 N–H and O–H groups in total. The van der Waals surface area contributed by atoms with Gasteiger partial charge >= 0.3 is 11.8 Å². The van der Waals surface area contributed by atoms with Gasteiger partial charge < -0.3 is 24.3 Å². The standard InChI is InChI=1S/C27H31N3O6/c1-4-34-23-14-17(13-18-7-10-27(2,3)36-24(18)23)16-29-11-8-19(9-12-29)30-22-6-5-20(35-26(32)33)15-21(22)28-25(30)31/h5-7,10,13-15,19H,4,8-9,11-12,16H2,1-3H3,(H,28,31)(H,32,33). The number of nitrogens with one attached hydrogen (secondary N) is 1. The van der Waals surface area contributed by atoms with E-state index in [1.807, 2.05) is 20.8 Å². The number of benzene rings is 2. The normalized spacial score (nSPS) is 17.5. The number of nitrogens with zero attached hydrogens (tertiary/aromatic N) is 2. The Labute approximate surface area is 208 Å². The van der Waals surface area contributed by atoms with E-state index in [4.69, 9.17) is 19.3 Å². The zero-order chi connectivity index (χ0) is 25.4. The van der Waals surface area contributed by atoms with Crippen molar-refractivity contribution in [1.29, 1.82) is 0 Å². The minimum Gasteiger partial charge on any atom is -0.490 e. The lowest BCUT2D eigenvalue weighted by Crippen LogP contribution is -2.36. The van der Waals surface area contributed by atoms with Gasteiger partial charge in [-0.15, -0.1) is 0 Å². The van der Waals surface area contributed by atoms with Gasteiger partial charge in [-0.3, -0.25) is 9.47 Å². The first-order chi connectivity index (χ1) is 17.2. The number of aromatic amines is 1. The molecule has 190 valence electrons. The minimum absolute atomic E-state index is 0.0647. The lowest BCUT2D eigenvalue weighted by molar-refractivity contribution is 0.144. The number of H-pyrrole nitrogens is 1. The Morgan fingerprint density at radius 1 is 1.22 bits per heavy atom. The number of fused-ring (bicyclic) bond motifs is 2. The molecule has 2 aliphatic heterocycles. The van der Waals surface area contributed by atoms with Crippen LogP contribution in [-0.2, 0) is 6.54 Å². The number of rotatable bonds is 6. The molecular formula is C27H31N3O6. The summed E-state index contributed by atoms with van der Waals surface area (Å²) in [6.07, 6.45) is 4.45. The van der Waals surface area contributed by atoms with Gasteiger partial charge in [0, 0.05) is 37.3 Å². The first-order valence-corrected chi connectivity index (χ1v) is 12.3. The van der Waals surface area contributed by atoms with Crippen molar-refractivity contribution in [3.8, 4) is 17.2 Å². The van der Waals surface area contributed by atoms with Gasteiger partial charge in [-0.2, -0.15) is 0 Å². The number of imidazole rings is 1. The van der Waals surface area contributed by atoms with Crippen LogP contribution in [0.25, 0.3) is 17.1 Å². The average Bonchev–Trinajstić information content (AvgIpc) is 3.14. The van der Waals surface area contributed by atoms with Gasteiger partial charge in [0.15, 0.2) is 11.5 Å². The fourth-order valence-electron chi connectivity index (χ4n) is 5.09. The van der Waals surface area contributed by atoms with E-state index in [2.05, 4.69) is 34.2 Å². The fourth-order valence-corrected chi connectivity index (χ4v) is 5.09. The lowest BCUT2D eigenvalue weighted by atomic mass is 9.99. The van der Waals surface area contributed by atoms with E-state index in [-0.39, 0.29) is 23.1 Å². The molecule has 0 atom stereocenters. The van der Waals surface area contributed by atoms with E-state index < -0.39 is 6.16 Å². The van der Waals surface area contributed by atoms with Crippen molar-refractivity contribution in [2.75, 3.05) is 19.7 Å². The number of carboxylic acid groups (broad SMARTS) is 1. The van der Waals surface area contributed by atoms with Crippen LogP contribution >= 0.6 is 0 Å². The van der Waals surface area contributed by atoms with Crippen molar-refractivity contribution >= 4 is 23.3 Å². The second-order valence-corrected chi connectivity index (χ2v) is 9.84. The van der Waals surface area contributed by atoms with Gasteiger partial charge in [-0.25, -0.2) is 9.59 Å². The maximum absolute atomic E-state index is 12.7. The van der Waals surface area contributed by atoms with Gasteiger partial charge in [0.1, 0.15) is 11.4 Å². The summed E-state index contributed by atoms with van der Waals surface area (Å²) in [7, 11) is 0.